The van der Waals surface area contributed by atoms with Crippen molar-refractivity contribution in [2.75, 3.05) is 11.3 Å². The lowest BCUT2D eigenvalue weighted by Gasteiger charge is -2.32. The third-order valence-corrected chi connectivity index (χ3v) is 4.72. The van der Waals surface area contributed by atoms with E-state index >= 15 is 0 Å². The largest absolute Gasteiger partial charge is 0.303 e. The molecule has 0 saturated carbocycles. The number of nitrogens with one attached hydrogen (secondary N) is 1. The Kier molecular flexibility index (Phi) is 4.04. The topological polar surface area (TPSA) is 75.2 Å². The molecule has 2 heterocycles. The zero-order chi connectivity index (χ0) is 13.2. The maximum absolute atomic E-state index is 12.2. The fourth-order valence-electron chi connectivity index (χ4n) is 2.01. The summed E-state index contributed by atoms with van der Waals surface area (Å²) in [5.74, 6) is 0.188. The fourth-order valence-corrected chi connectivity index (χ4v) is 3.60. The van der Waals surface area contributed by atoms with E-state index in [1.165, 1.54) is 16.6 Å². The Morgan fingerprint density at radius 3 is 2.94 bits per heavy atom. The third-order valence-electron chi connectivity index (χ3n) is 2.91. The van der Waals surface area contributed by atoms with E-state index in [4.69, 9.17) is 11.6 Å². The van der Waals surface area contributed by atoms with E-state index in [-0.39, 0.29) is 17.1 Å². The highest BCUT2D eigenvalue weighted by atomic mass is 35.5. The van der Waals surface area contributed by atoms with E-state index in [2.05, 4.69) is 14.7 Å². The van der Waals surface area contributed by atoms with Gasteiger partial charge in [0.15, 0.2) is 0 Å². The summed E-state index contributed by atoms with van der Waals surface area (Å²) in [6, 6.07) is 1.48. The second kappa shape index (κ2) is 5.38. The molecule has 2 rings (SSSR count). The molecule has 8 heteroatoms. The molecule has 1 N–H and O–H groups in total. The van der Waals surface area contributed by atoms with Gasteiger partial charge in [0.25, 0.3) is 0 Å². The molecule has 1 aliphatic rings. The number of nitrogens with zero attached hydrogens (tertiary/aromatic N) is 3. The minimum absolute atomic E-state index is 0.00793. The van der Waals surface area contributed by atoms with Gasteiger partial charge in [0.05, 0.1) is 0 Å². The number of piperidine rings is 1. The van der Waals surface area contributed by atoms with E-state index < -0.39 is 10.2 Å². The number of hydrogen-bond donors (Lipinski definition) is 1. The zero-order valence-electron chi connectivity index (χ0n) is 10.0. The molecule has 0 spiro atoms. The van der Waals surface area contributed by atoms with E-state index in [1.807, 2.05) is 6.92 Å². The standard InChI is InChI=1S/C10H15ClN4O2S/c1-8-4-2-3-7-15(8)18(16,17)14-9-5-6-12-10(11)13-9/h5-6,8H,2-4,7H2,1H3,(H,12,13,14). The first kappa shape index (κ1) is 13.5. The van der Waals surface area contributed by atoms with Gasteiger partial charge >= 0.3 is 10.2 Å². The van der Waals surface area contributed by atoms with Crippen LogP contribution in [0, 0.1) is 0 Å². The number of hydrogen-bond acceptors (Lipinski definition) is 4. The van der Waals surface area contributed by atoms with Crippen LogP contribution >= 0.6 is 11.6 Å². The van der Waals surface area contributed by atoms with Crippen LogP contribution in [-0.4, -0.2) is 35.3 Å². The average Bonchev–Trinajstić information content (AvgIpc) is 2.28. The quantitative estimate of drug-likeness (QED) is 0.859. The van der Waals surface area contributed by atoms with Crippen molar-refractivity contribution >= 4 is 27.6 Å². The molecule has 0 aliphatic carbocycles. The molecule has 0 aromatic carbocycles. The first-order valence-electron chi connectivity index (χ1n) is 5.77. The summed E-state index contributed by atoms with van der Waals surface area (Å²) >= 11 is 5.62. The lowest BCUT2D eigenvalue weighted by Crippen LogP contribution is -2.44. The van der Waals surface area contributed by atoms with Crippen LogP contribution in [0.15, 0.2) is 12.3 Å². The van der Waals surface area contributed by atoms with Crippen molar-refractivity contribution in [3.05, 3.63) is 17.5 Å². The summed E-state index contributed by atoms with van der Waals surface area (Å²) in [5, 5.41) is 0.0156. The molecule has 1 aromatic rings. The molecule has 1 unspecified atom stereocenters. The Labute approximate surface area is 112 Å². The van der Waals surface area contributed by atoms with E-state index in [0.29, 0.717) is 6.54 Å². The van der Waals surface area contributed by atoms with Crippen molar-refractivity contribution in [3.8, 4) is 0 Å². The van der Waals surface area contributed by atoms with Crippen LogP contribution in [0.2, 0.25) is 5.28 Å². The second-order valence-corrected chi connectivity index (χ2v) is 6.23. The molecular weight excluding hydrogens is 276 g/mol. The summed E-state index contributed by atoms with van der Waals surface area (Å²) in [7, 11) is -3.57. The highest BCUT2D eigenvalue weighted by Gasteiger charge is 2.29. The number of rotatable bonds is 3. The van der Waals surface area contributed by atoms with Gasteiger partial charge in [0, 0.05) is 18.8 Å². The predicted molar refractivity (Wildman–Crippen MR) is 69.6 cm³/mol. The molecule has 0 radical (unpaired) electrons. The summed E-state index contributed by atoms with van der Waals surface area (Å²) in [6.07, 6.45) is 4.24. The van der Waals surface area contributed by atoms with Crippen molar-refractivity contribution in [2.45, 2.75) is 32.2 Å². The zero-order valence-corrected chi connectivity index (χ0v) is 11.6. The summed E-state index contributed by atoms with van der Waals surface area (Å²) < 4.78 is 28.3. The summed E-state index contributed by atoms with van der Waals surface area (Å²) in [4.78, 5) is 7.52. The van der Waals surface area contributed by atoms with Gasteiger partial charge in [0.1, 0.15) is 5.82 Å². The Balaban J connectivity index is 2.16. The van der Waals surface area contributed by atoms with Gasteiger partial charge in [-0.25, -0.2) is 4.98 Å². The minimum atomic E-state index is -3.57. The van der Waals surface area contributed by atoms with E-state index in [0.717, 1.165) is 19.3 Å². The van der Waals surface area contributed by atoms with Gasteiger partial charge in [0.2, 0.25) is 5.28 Å². The van der Waals surface area contributed by atoms with Crippen molar-refractivity contribution in [1.82, 2.24) is 14.3 Å². The first-order valence-corrected chi connectivity index (χ1v) is 7.59. The fraction of sp³-hybridized carbons (Fsp3) is 0.600. The predicted octanol–water partition coefficient (Wildman–Crippen LogP) is 1.66. The maximum Gasteiger partial charge on any atom is 0.303 e. The van der Waals surface area contributed by atoms with Gasteiger partial charge in [-0.1, -0.05) is 6.42 Å². The average molecular weight is 291 g/mol. The number of aromatic nitrogens is 2. The first-order chi connectivity index (χ1) is 8.49. The molecule has 1 aliphatic heterocycles. The van der Waals surface area contributed by atoms with E-state index in [9.17, 15) is 8.42 Å². The van der Waals surface area contributed by atoms with Crippen LogP contribution in [-0.2, 0) is 10.2 Å². The van der Waals surface area contributed by atoms with Crippen LogP contribution in [0.4, 0.5) is 5.82 Å². The molecule has 100 valence electrons. The summed E-state index contributed by atoms with van der Waals surface area (Å²) in [6.45, 7) is 2.45. The van der Waals surface area contributed by atoms with Crippen LogP contribution < -0.4 is 4.72 Å². The van der Waals surface area contributed by atoms with Crippen LogP contribution in [0.5, 0.6) is 0 Å². The molecule has 0 bridgehead atoms. The second-order valence-electron chi connectivity index (χ2n) is 4.27. The lowest BCUT2D eigenvalue weighted by atomic mass is 10.1. The normalized spacial score (nSPS) is 21.8. The number of halogens is 1. The third kappa shape index (κ3) is 3.09. The molecule has 1 aromatic heterocycles. The Morgan fingerprint density at radius 2 is 2.28 bits per heavy atom. The molecular formula is C10H15ClN4O2S. The lowest BCUT2D eigenvalue weighted by molar-refractivity contribution is 0.270. The monoisotopic (exact) mass is 290 g/mol. The van der Waals surface area contributed by atoms with Gasteiger partial charge < -0.3 is 0 Å². The summed E-state index contributed by atoms with van der Waals surface area (Å²) in [5.41, 5.74) is 0. The van der Waals surface area contributed by atoms with Crippen molar-refractivity contribution in [1.29, 1.82) is 0 Å². The van der Waals surface area contributed by atoms with Crippen molar-refractivity contribution in [3.63, 3.8) is 0 Å². The van der Waals surface area contributed by atoms with Gasteiger partial charge in [-0.3, -0.25) is 4.72 Å². The van der Waals surface area contributed by atoms with Crippen molar-refractivity contribution in [2.24, 2.45) is 0 Å². The molecule has 1 fully saturated rings. The number of anilines is 1. The van der Waals surface area contributed by atoms with Gasteiger partial charge in [-0.05, 0) is 37.4 Å². The smallest absolute Gasteiger partial charge is 0.254 e. The molecule has 1 saturated heterocycles. The highest BCUT2D eigenvalue weighted by Crippen LogP contribution is 2.21. The molecule has 18 heavy (non-hydrogen) atoms. The van der Waals surface area contributed by atoms with Gasteiger partial charge in [-0.2, -0.15) is 17.7 Å². The van der Waals surface area contributed by atoms with E-state index in [1.54, 1.807) is 0 Å². The SMILES string of the molecule is CC1CCCCN1S(=O)(=O)Nc1ccnc(Cl)n1. The van der Waals surface area contributed by atoms with Crippen LogP contribution in [0.1, 0.15) is 26.2 Å². The minimum Gasteiger partial charge on any atom is -0.254 e. The van der Waals surface area contributed by atoms with Crippen LogP contribution in [0.25, 0.3) is 0 Å². The Bertz CT molecular complexity index is 522. The molecule has 0 amide bonds. The Morgan fingerprint density at radius 1 is 1.50 bits per heavy atom. The van der Waals surface area contributed by atoms with Gasteiger partial charge in [-0.15, -0.1) is 0 Å². The van der Waals surface area contributed by atoms with Crippen molar-refractivity contribution < 1.29 is 8.42 Å². The Hall–Kier alpha value is -0.920. The highest BCUT2D eigenvalue weighted by molar-refractivity contribution is 7.90. The molecule has 1 atom stereocenters. The molecule has 6 nitrogen and oxygen atoms in total. The van der Waals surface area contributed by atoms with Crippen LogP contribution in [0.3, 0.4) is 0 Å². The maximum atomic E-state index is 12.2.